The van der Waals surface area contributed by atoms with Crippen molar-refractivity contribution in [3.8, 4) is 0 Å². The zero-order chi connectivity index (χ0) is 10.8. The van der Waals surface area contributed by atoms with Crippen LogP contribution < -0.4 is 0 Å². The third kappa shape index (κ3) is 6.11. The highest BCUT2D eigenvalue weighted by Crippen LogP contribution is 2.04. The Balaban J connectivity index is 2.07. The van der Waals surface area contributed by atoms with Crippen LogP contribution in [-0.4, -0.2) is 0 Å². The Morgan fingerprint density at radius 2 is 1.73 bits per heavy atom. The number of allylic oxidation sites excluding steroid dienone is 2. The van der Waals surface area contributed by atoms with Crippen LogP contribution in [0.5, 0.6) is 0 Å². The van der Waals surface area contributed by atoms with Gasteiger partial charge in [0.05, 0.1) is 0 Å². The summed E-state index contributed by atoms with van der Waals surface area (Å²) in [6, 6.07) is 10.6. The summed E-state index contributed by atoms with van der Waals surface area (Å²) >= 11 is 0. The molecule has 0 saturated heterocycles. The third-order valence-corrected chi connectivity index (χ3v) is 2.59. The summed E-state index contributed by atoms with van der Waals surface area (Å²) in [5, 5.41) is 0. The lowest BCUT2D eigenvalue weighted by Crippen LogP contribution is -1.79. The lowest BCUT2D eigenvalue weighted by atomic mass is 10.1. The van der Waals surface area contributed by atoms with Gasteiger partial charge in [-0.15, -0.1) is 0 Å². The van der Waals surface area contributed by atoms with E-state index < -0.39 is 0 Å². The van der Waals surface area contributed by atoms with Crippen LogP contribution >= 0.6 is 0 Å². The molecule has 0 heteroatoms. The van der Waals surface area contributed by atoms with Gasteiger partial charge in [0.2, 0.25) is 0 Å². The van der Waals surface area contributed by atoms with Crippen molar-refractivity contribution in [2.24, 2.45) is 0 Å². The minimum absolute atomic E-state index is 1.08. The molecule has 0 aliphatic heterocycles. The van der Waals surface area contributed by atoms with Crippen LogP contribution in [0.2, 0.25) is 0 Å². The molecule has 0 nitrogen and oxygen atoms in total. The molecule has 0 aliphatic carbocycles. The van der Waals surface area contributed by atoms with Crippen molar-refractivity contribution in [3.05, 3.63) is 48.0 Å². The molecule has 0 N–H and O–H groups in total. The molecule has 0 aliphatic rings. The van der Waals surface area contributed by atoms with Crippen LogP contribution in [0.3, 0.4) is 0 Å². The second kappa shape index (κ2) is 8.28. The first-order chi connectivity index (χ1) is 7.43. The van der Waals surface area contributed by atoms with Gasteiger partial charge in [-0.05, 0) is 24.8 Å². The van der Waals surface area contributed by atoms with Crippen molar-refractivity contribution in [2.75, 3.05) is 0 Å². The first-order valence-electron chi connectivity index (χ1n) is 6.12. The molecule has 1 aromatic carbocycles. The smallest absolute Gasteiger partial charge is 0.00975 e. The Hall–Kier alpha value is -1.04. The Morgan fingerprint density at radius 1 is 0.933 bits per heavy atom. The van der Waals surface area contributed by atoms with E-state index in [1.807, 2.05) is 0 Å². The van der Waals surface area contributed by atoms with E-state index in [1.165, 1.54) is 37.7 Å². The van der Waals surface area contributed by atoms with E-state index >= 15 is 0 Å². The van der Waals surface area contributed by atoms with E-state index in [2.05, 4.69) is 49.4 Å². The summed E-state index contributed by atoms with van der Waals surface area (Å²) in [5.41, 5.74) is 1.40. The van der Waals surface area contributed by atoms with E-state index in [0.29, 0.717) is 0 Å². The molecule has 0 radical (unpaired) electrons. The molecular formula is C15H22. The molecule has 1 rings (SSSR count). The Bertz CT molecular complexity index is 259. The fraction of sp³-hybridized carbons (Fsp3) is 0.467. The van der Waals surface area contributed by atoms with Gasteiger partial charge in [0.25, 0.3) is 0 Å². The molecule has 15 heavy (non-hydrogen) atoms. The van der Waals surface area contributed by atoms with E-state index in [1.54, 1.807) is 0 Å². The lowest BCUT2D eigenvalue weighted by Gasteiger charge is -1.95. The second-order valence-electron chi connectivity index (χ2n) is 4.01. The first-order valence-corrected chi connectivity index (χ1v) is 6.12. The number of hydrogen-bond donors (Lipinski definition) is 0. The molecular weight excluding hydrogens is 180 g/mol. The molecule has 0 amide bonds. The van der Waals surface area contributed by atoms with Crippen molar-refractivity contribution >= 4 is 0 Å². The molecule has 82 valence electrons. The molecule has 0 saturated carbocycles. The molecule has 0 spiro atoms. The number of benzene rings is 1. The minimum Gasteiger partial charge on any atom is -0.0882 e. The molecule has 0 aromatic heterocycles. The number of hydrogen-bond acceptors (Lipinski definition) is 0. The van der Waals surface area contributed by atoms with Crippen LogP contribution in [0, 0.1) is 0 Å². The highest BCUT2D eigenvalue weighted by atomic mass is 13.9. The summed E-state index contributed by atoms with van der Waals surface area (Å²) in [4.78, 5) is 0. The quantitative estimate of drug-likeness (QED) is 0.442. The van der Waals surface area contributed by atoms with E-state index in [4.69, 9.17) is 0 Å². The van der Waals surface area contributed by atoms with Crippen LogP contribution in [0.1, 0.15) is 44.6 Å². The van der Waals surface area contributed by atoms with Gasteiger partial charge < -0.3 is 0 Å². The largest absolute Gasteiger partial charge is 0.0882 e. The van der Waals surface area contributed by atoms with Crippen molar-refractivity contribution in [3.63, 3.8) is 0 Å². The maximum atomic E-state index is 2.32. The summed E-state index contributed by atoms with van der Waals surface area (Å²) in [6.45, 7) is 2.26. The van der Waals surface area contributed by atoms with Gasteiger partial charge in [-0.1, -0.05) is 68.7 Å². The van der Waals surface area contributed by atoms with Gasteiger partial charge in [-0.2, -0.15) is 0 Å². The predicted octanol–water partition coefficient (Wildman–Crippen LogP) is 4.76. The zero-order valence-electron chi connectivity index (χ0n) is 9.78. The van der Waals surface area contributed by atoms with Gasteiger partial charge in [0.15, 0.2) is 0 Å². The van der Waals surface area contributed by atoms with E-state index in [-0.39, 0.29) is 0 Å². The maximum absolute atomic E-state index is 2.32. The normalized spacial score (nSPS) is 11.0. The van der Waals surface area contributed by atoms with E-state index in [9.17, 15) is 0 Å². The molecule has 0 heterocycles. The van der Waals surface area contributed by atoms with Crippen LogP contribution in [0.25, 0.3) is 0 Å². The van der Waals surface area contributed by atoms with Gasteiger partial charge in [0.1, 0.15) is 0 Å². The molecule has 0 atom stereocenters. The van der Waals surface area contributed by atoms with Crippen molar-refractivity contribution in [2.45, 2.75) is 45.4 Å². The van der Waals surface area contributed by atoms with Crippen molar-refractivity contribution in [1.82, 2.24) is 0 Å². The maximum Gasteiger partial charge on any atom is -0.00975 e. The average Bonchev–Trinajstić information content (AvgIpc) is 2.29. The van der Waals surface area contributed by atoms with Crippen LogP contribution in [0.15, 0.2) is 42.5 Å². The molecule has 0 unspecified atom stereocenters. The highest BCUT2D eigenvalue weighted by Gasteiger charge is 1.86. The summed E-state index contributed by atoms with van der Waals surface area (Å²) in [6.07, 6.45) is 12.4. The zero-order valence-corrected chi connectivity index (χ0v) is 9.78. The van der Waals surface area contributed by atoms with Gasteiger partial charge in [-0.25, -0.2) is 0 Å². The fourth-order valence-electron chi connectivity index (χ4n) is 1.64. The standard InChI is InChI=1S/C15H22/c1-2-3-4-5-6-7-9-12-15-13-10-8-11-14-15/h7-11,13-14H,2-6,12H2,1H3. The lowest BCUT2D eigenvalue weighted by molar-refractivity contribution is 0.674. The van der Waals surface area contributed by atoms with E-state index in [0.717, 1.165) is 6.42 Å². The van der Waals surface area contributed by atoms with Crippen molar-refractivity contribution < 1.29 is 0 Å². The average molecular weight is 202 g/mol. The number of unbranched alkanes of at least 4 members (excludes halogenated alkanes) is 4. The highest BCUT2D eigenvalue weighted by molar-refractivity contribution is 5.17. The SMILES string of the molecule is CCCCCCC=CCc1ccccc1. The van der Waals surface area contributed by atoms with Gasteiger partial charge in [0, 0.05) is 0 Å². The van der Waals surface area contributed by atoms with Crippen LogP contribution in [-0.2, 0) is 6.42 Å². The molecule has 0 bridgehead atoms. The second-order valence-corrected chi connectivity index (χ2v) is 4.01. The summed E-state index contributed by atoms with van der Waals surface area (Å²) < 4.78 is 0. The molecule has 0 fully saturated rings. The first kappa shape index (κ1) is 12.0. The predicted molar refractivity (Wildman–Crippen MR) is 68.0 cm³/mol. The Kier molecular flexibility index (Phi) is 6.64. The van der Waals surface area contributed by atoms with Crippen molar-refractivity contribution in [1.29, 1.82) is 0 Å². The topological polar surface area (TPSA) is 0 Å². The monoisotopic (exact) mass is 202 g/mol. The summed E-state index contributed by atoms with van der Waals surface area (Å²) in [5.74, 6) is 0. The fourth-order valence-corrected chi connectivity index (χ4v) is 1.64. The Labute approximate surface area is 94.0 Å². The third-order valence-electron chi connectivity index (χ3n) is 2.59. The van der Waals surface area contributed by atoms with Crippen LogP contribution in [0.4, 0.5) is 0 Å². The van der Waals surface area contributed by atoms with Gasteiger partial charge >= 0.3 is 0 Å². The Morgan fingerprint density at radius 3 is 2.47 bits per heavy atom. The molecule has 1 aromatic rings. The van der Waals surface area contributed by atoms with Gasteiger partial charge in [-0.3, -0.25) is 0 Å². The minimum atomic E-state index is 1.08. The summed E-state index contributed by atoms with van der Waals surface area (Å²) in [7, 11) is 0. The number of rotatable bonds is 7.